The van der Waals surface area contributed by atoms with Gasteiger partial charge in [0, 0.05) is 44.0 Å². The molecule has 0 bridgehead atoms. The molecule has 4 rings (SSSR count). The fourth-order valence-corrected chi connectivity index (χ4v) is 4.64. The van der Waals surface area contributed by atoms with Gasteiger partial charge in [0.05, 0.1) is 23.4 Å². The first-order chi connectivity index (χ1) is 14.1. The van der Waals surface area contributed by atoms with Crippen molar-refractivity contribution < 1.29 is 9.90 Å². The zero-order valence-electron chi connectivity index (χ0n) is 16.6. The zero-order chi connectivity index (χ0) is 20.2. The van der Waals surface area contributed by atoms with Gasteiger partial charge in [-0.2, -0.15) is 0 Å². The van der Waals surface area contributed by atoms with Crippen molar-refractivity contribution in [2.45, 2.75) is 6.92 Å². The van der Waals surface area contributed by atoms with Crippen molar-refractivity contribution >= 4 is 33.1 Å². The van der Waals surface area contributed by atoms with E-state index in [9.17, 15) is 4.79 Å². The van der Waals surface area contributed by atoms with Crippen LogP contribution in [0.4, 0.5) is 5.69 Å². The maximum atomic E-state index is 12.4. The van der Waals surface area contributed by atoms with Crippen molar-refractivity contribution in [3.05, 3.63) is 48.0 Å². The highest BCUT2D eigenvalue weighted by Gasteiger charge is 2.18. The van der Waals surface area contributed by atoms with Crippen LogP contribution in [0.5, 0.6) is 0 Å². The molecule has 152 valence electrons. The highest BCUT2D eigenvalue weighted by molar-refractivity contribution is 7.21. The Kier molecular flexibility index (Phi) is 6.20. The number of rotatable bonds is 6. The van der Waals surface area contributed by atoms with E-state index < -0.39 is 0 Å². The summed E-state index contributed by atoms with van der Waals surface area (Å²) in [7, 11) is 0. The van der Waals surface area contributed by atoms with Crippen molar-refractivity contribution in [3.63, 3.8) is 0 Å². The standard InChI is InChI=1S/C22H26N4O2S/c1-16-2-7-19-20(14-16)29-22(24-19)17-3-5-18(6-4-17)23-21(28)15-26-10-8-25(9-11-26)12-13-27/h2-7,14,27H,8-13,15H2,1H3,(H,23,28). The van der Waals surface area contributed by atoms with Gasteiger partial charge in [-0.25, -0.2) is 4.98 Å². The van der Waals surface area contributed by atoms with E-state index in [0.717, 1.165) is 48.0 Å². The summed E-state index contributed by atoms with van der Waals surface area (Å²) in [4.78, 5) is 21.5. The van der Waals surface area contributed by atoms with Crippen molar-refractivity contribution in [3.8, 4) is 10.6 Å². The molecule has 29 heavy (non-hydrogen) atoms. The molecule has 6 nitrogen and oxygen atoms in total. The highest BCUT2D eigenvalue weighted by atomic mass is 32.1. The van der Waals surface area contributed by atoms with Crippen molar-refractivity contribution in [2.75, 3.05) is 51.2 Å². The van der Waals surface area contributed by atoms with Crippen LogP contribution in [0.25, 0.3) is 20.8 Å². The molecule has 1 amide bonds. The molecule has 2 heterocycles. The summed E-state index contributed by atoms with van der Waals surface area (Å²) in [5.41, 5.74) is 4.11. The first-order valence-corrected chi connectivity index (χ1v) is 10.8. The number of amides is 1. The van der Waals surface area contributed by atoms with Crippen LogP contribution < -0.4 is 5.32 Å². The maximum Gasteiger partial charge on any atom is 0.238 e. The van der Waals surface area contributed by atoms with Gasteiger partial charge >= 0.3 is 0 Å². The normalized spacial score (nSPS) is 15.7. The number of β-amino-alcohol motifs (C(OH)–C–C–N with tert-alkyl or cyclic N) is 1. The molecular weight excluding hydrogens is 384 g/mol. The molecule has 0 spiro atoms. The Morgan fingerprint density at radius 1 is 1.10 bits per heavy atom. The van der Waals surface area contributed by atoms with E-state index in [1.807, 2.05) is 24.3 Å². The Bertz CT molecular complexity index is 978. The van der Waals surface area contributed by atoms with Crippen LogP contribution >= 0.6 is 11.3 Å². The lowest BCUT2D eigenvalue weighted by Crippen LogP contribution is -2.49. The number of nitrogens with zero attached hydrogens (tertiary/aromatic N) is 3. The van der Waals surface area contributed by atoms with Crippen LogP contribution in [0.2, 0.25) is 0 Å². The average Bonchev–Trinajstić information content (AvgIpc) is 3.13. The second-order valence-corrected chi connectivity index (χ2v) is 8.49. The number of piperazine rings is 1. The van der Waals surface area contributed by atoms with Crippen molar-refractivity contribution in [2.24, 2.45) is 0 Å². The number of benzene rings is 2. The smallest absolute Gasteiger partial charge is 0.238 e. The van der Waals surface area contributed by atoms with Crippen LogP contribution in [-0.2, 0) is 4.79 Å². The third-order valence-corrected chi connectivity index (χ3v) is 6.28. The molecule has 2 N–H and O–H groups in total. The van der Waals surface area contributed by atoms with Gasteiger partial charge in [-0.3, -0.25) is 14.6 Å². The SMILES string of the molecule is Cc1ccc2nc(-c3ccc(NC(=O)CN4CCN(CCO)CC4)cc3)sc2c1. The monoisotopic (exact) mass is 410 g/mol. The summed E-state index contributed by atoms with van der Waals surface area (Å²) in [5, 5.41) is 13.0. The van der Waals surface area contributed by atoms with Gasteiger partial charge in [0.15, 0.2) is 0 Å². The first kappa shape index (κ1) is 20.0. The first-order valence-electron chi connectivity index (χ1n) is 9.94. The number of aryl methyl sites for hydroxylation is 1. The molecule has 0 unspecified atom stereocenters. The number of thiazole rings is 1. The fraction of sp³-hybridized carbons (Fsp3) is 0.364. The minimum Gasteiger partial charge on any atom is -0.395 e. The van der Waals surface area contributed by atoms with E-state index in [4.69, 9.17) is 10.1 Å². The largest absolute Gasteiger partial charge is 0.395 e. The third kappa shape index (κ3) is 5.00. The number of aliphatic hydroxyl groups is 1. The molecule has 1 saturated heterocycles. The number of hydrogen-bond donors (Lipinski definition) is 2. The Balaban J connectivity index is 1.33. The molecule has 3 aromatic rings. The number of carbonyl (C=O) groups is 1. The highest BCUT2D eigenvalue weighted by Crippen LogP contribution is 2.31. The Labute approximate surface area is 174 Å². The lowest BCUT2D eigenvalue weighted by molar-refractivity contribution is -0.117. The Morgan fingerprint density at radius 2 is 1.83 bits per heavy atom. The van der Waals surface area contributed by atoms with Gasteiger partial charge in [0.25, 0.3) is 0 Å². The van der Waals surface area contributed by atoms with Crippen molar-refractivity contribution in [1.29, 1.82) is 0 Å². The number of anilines is 1. The summed E-state index contributed by atoms with van der Waals surface area (Å²) >= 11 is 1.69. The van der Waals surface area contributed by atoms with Gasteiger partial charge in [-0.05, 0) is 48.9 Å². The molecule has 1 aliphatic heterocycles. The topological polar surface area (TPSA) is 68.7 Å². The van der Waals surface area contributed by atoms with E-state index in [1.54, 1.807) is 11.3 Å². The van der Waals surface area contributed by atoms with Gasteiger partial charge in [0.1, 0.15) is 5.01 Å². The lowest BCUT2D eigenvalue weighted by Gasteiger charge is -2.33. The Hall–Kier alpha value is -2.32. The zero-order valence-corrected chi connectivity index (χ0v) is 17.4. The van der Waals surface area contributed by atoms with Crippen LogP contribution in [0.3, 0.4) is 0 Å². The third-order valence-electron chi connectivity index (χ3n) is 5.21. The number of aliphatic hydroxyl groups excluding tert-OH is 1. The quantitative estimate of drug-likeness (QED) is 0.654. The number of carbonyl (C=O) groups excluding carboxylic acids is 1. The second-order valence-electron chi connectivity index (χ2n) is 7.46. The molecule has 0 saturated carbocycles. The van der Waals surface area contributed by atoms with Crippen LogP contribution in [0, 0.1) is 6.92 Å². The summed E-state index contributed by atoms with van der Waals surface area (Å²) in [6.07, 6.45) is 0. The minimum atomic E-state index is 0.00354. The molecular formula is C22H26N4O2S. The van der Waals surface area contributed by atoms with Gasteiger partial charge < -0.3 is 10.4 Å². The summed E-state index contributed by atoms with van der Waals surface area (Å²) in [6, 6.07) is 14.2. The minimum absolute atomic E-state index is 0.00354. The molecule has 0 radical (unpaired) electrons. The molecule has 1 aromatic heterocycles. The Morgan fingerprint density at radius 3 is 2.55 bits per heavy atom. The van der Waals surface area contributed by atoms with Crippen LogP contribution in [-0.4, -0.2) is 71.7 Å². The fourth-order valence-electron chi connectivity index (χ4n) is 3.57. The molecule has 2 aromatic carbocycles. The van der Waals surface area contributed by atoms with Gasteiger partial charge in [-0.15, -0.1) is 11.3 Å². The van der Waals surface area contributed by atoms with E-state index in [0.29, 0.717) is 13.1 Å². The van der Waals surface area contributed by atoms with E-state index >= 15 is 0 Å². The van der Waals surface area contributed by atoms with Crippen molar-refractivity contribution in [1.82, 2.24) is 14.8 Å². The lowest BCUT2D eigenvalue weighted by atomic mass is 10.2. The van der Waals surface area contributed by atoms with Gasteiger partial charge in [0.2, 0.25) is 5.91 Å². The summed E-state index contributed by atoms with van der Waals surface area (Å²) in [5.74, 6) is 0.00354. The second kappa shape index (κ2) is 9.00. The van der Waals surface area contributed by atoms with Gasteiger partial charge in [-0.1, -0.05) is 6.07 Å². The predicted molar refractivity (Wildman–Crippen MR) is 118 cm³/mol. The average molecular weight is 411 g/mol. The maximum absolute atomic E-state index is 12.4. The molecule has 0 aliphatic carbocycles. The summed E-state index contributed by atoms with van der Waals surface area (Å²) < 4.78 is 1.19. The number of hydrogen-bond acceptors (Lipinski definition) is 6. The summed E-state index contributed by atoms with van der Waals surface area (Å²) in [6.45, 7) is 6.87. The van der Waals surface area contributed by atoms with E-state index in [-0.39, 0.29) is 12.5 Å². The predicted octanol–water partition coefficient (Wildman–Crippen LogP) is 2.82. The molecule has 7 heteroatoms. The number of aromatic nitrogens is 1. The molecule has 1 fully saturated rings. The van der Waals surface area contributed by atoms with E-state index in [1.165, 1.54) is 10.3 Å². The van der Waals surface area contributed by atoms with Crippen LogP contribution in [0.15, 0.2) is 42.5 Å². The number of fused-ring (bicyclic) bond motifs is 1. The van der Waals surface area contributed by atoms with E-state index in [2.05, 4.69) is 40.2 Å². The molecule has 1 aliphatic rings. The number of nitrogens with one attached hydrogen (secondary N) is 1. The van der Waals surface area contributed by atoms with Crippen LogP contribution in [0.1, 0.15) is 5.56 Å². The molecule has 0 atom stereocenters.